The lowest BCUT2D eigenvalue weighted by atomic mass is 10.1. The van der Waals surface area contributed by atoms with E-state index in [0.29, 0.717) is 17.1 Å². The average Bonchev–Trinajstić information content (AvgIpc) is 3.39. The molecule has 7 nitrogen and oxygen atoms in total. The molecule has 5 rings (SSSR count). The molecule has 0 saturated heterocycles. The molecule has 0 saturated carbocycles. The van der Waals surface area contributed by atoms with E-state index in [0.717, 1.165) is 22.2 Å². The summed E-state index contributed by atoms with van der Waals surface area (Å²) in [5.41, 5.74) is 3.42. The zero-order valence-corrected chi connectivity index (χ0v) is 17.0. The number of aromatic nitrogens is 2. The van der Waals surface area contributed by atoms with E-state index in [1.54, 1.807) is 36.4 Å². The molecule has 0 bridgehead atoms. The van der Waals surface area contributed by atoms with Crippen LogP contribution >= 0.6 is 0 Å². The maximum absolute atomic E-state index is 13.5. The minimum absolute atomic E-state index is 0.222. The number of rotatable bonds is 3. The largest absolute Gasteiger partial charge is 0.489 e. The summed E-state index contributed by atoms with van der Waals surface area (Å²) in [5, 5.41) is 9.92. The van der Waals surface area contributed by atoms with E-state index in [4.69, 9.17) is 10.00 Å². The van der Waals surface area contributed by atoms with Crippen LogP contribution in [0.5, 0.6) is 5.75 Å². The zero-order valence-electron chi connectivity index (χ0n) is 16.2. The third-order valence-electron chi connectivity index (χ3n) is 5.34. The van der Waals surface area contributed by atoms with Crippen LogP contribution in [-0.2, 0) is 17.1 Å². The van der Waals surface area contributed by atoms with Crippen LogP contribution in [-0.4, -0.2) is 31.1 Å². The molecule has 8 heteroatoms. The van der Waals surface area contributed by atoms with Gasteiger partial charge in [0.15, 0.2) is 0 Å². The lowest BCUT2D eigenvalue weighted by Gasteiger charge is -2.31. The number of nitrogens with one attached hydrogen (secondary N) is 1. The Labute approximate surface area is 173 Å². The molecule has 0 spiro atoms. The second-order valence-electron chi connectivity index (χ2n) is 7.15. The average molecular weight is 418 g/mol. The predicted molar refractivity (Wildman–Crippen MR) is 114 cm³/mol. The maximum Gasteiger partial charge on any atom is 0.264 e. The highest BCUT2D eigenvalue weighted by Crippen LogP contribution is 2.38. The number of fused-ring (bicyclic) bond motifs is 2. The molecule has 1 aliphatic heterocycles. The van der Waals surface area contributed by atoms with Crippen molar-refractivity contribution in [3.8, 4) is 23.1 Å². The Kier molecular flexibility index (Phi) is 4.08. The van der Waals surface area contributed by atoms with Crippen molar-refractivity contribution in [1.29, 1.82) is 5.26 Å². The van der Waals surface area contributed by atoms with Crippen LogP contribution in [0.15, 0.2) is 65.7 Å². The van der Waals surface area contributed by atoms with Crippen molar-refractivity contribution in [3.63, 3.8) is 0 Å². The highest BCUT2D eigenvalue weighted by Gasteiger charge is 2.30. The standard InChI is InChI=1S/C22H18N4O3S/c1-25-9-8-16-12-18(4-6-20(16)25)30(27,28)26-10-11-29-22-7-2-15(13-21(22)26)19-5-3-17(14-23)24-19/h2-9,12-13,24H,10-11H2,1H3. The molecule has 2 aromatic carbocycles. The van der Waals surface area contributed by atoms with E-state index >= 15 is 0 Å². The Hall–Kier alpha value is -3.70. The molecule has 0 aliphatic carbocycles. The van der Waals surface area contributed by atoms with Crippen LogP contribution in [0, 0.1) is 11.3 Å². The topological polar surface area (TPSA) is 91.1 Å². The Balaban J connectivity index is 1.60. The van der Waals surface area contributed by atoms with Crippen LogP contribution in [0.25, 0.3) is 22.2 Å². The van der Waals surface area contributed by atoms with E-state index < -0.39 is 10.0 Å². The van der Waals surface area contributed by atoms with E-state index in [9.17, 15) is 8.42 Å². The molecule has 3 heterocycles. The summed E-state index contributed by atoms with van der Waals surface area (Å²) in [6, 6.07) is 18.0. The molecule has 150 valence electrons. The summed E-state index contributed by atoms with van der Waals surface area (Å²) in [6.07, 6.45) is 1.91. The number of ether oxygens (including phenoxy) is 1. The van der Waals surface area contributed by atoms with Crippen molar-refractivity contribution >= 4 is 26.6 Å². The lowest BCUT2D eigenvalue weighted by Crippen LogP contribution is -2.37. The number of nitrogens with zero attached hydrogens (tertiary/aromatic N) is 3. The van der Waals surface area contributed by atoms with Gasteiger partial charge in [0.1, 0.15) is 24.1 Å². The van der Waals surface area contributed by atoms with Gasteiger partial charge in [-0.25, -0.2) is 8.42 Å². The number of hydrogen-bond acceptors (Lipinski definition) is 4. The van der Waals surface area contributed by atoms with Gasteiger partial charge in [-0.2, -0.15) is 5.26 Å². The molecule has 4 aromatic rings. The number of benzene rings is 2. The normalized spacial score (nSPS) is 13.7. The summed E-state index contributed by atoms with van der Waals surface area (Å²) in [7, 11) is -1.85. The van der Waals surface area contributed by atoms with Gasteiger partial charge in [0.25, 0.3) is 10.0 Å². The Morgan fingerprint density at radius 1 is 1.10 bits per heavy atom. The summed E-state index contributed by atoms with van der Waals surface area (Å²) < 4.78 is 36.1. The summed E-state index contributed by atoms with van der Waals surface area (Å²) in [5.74, 6) is 0.515. The molecule has 2 aromatic heterocycles. The van der Waals surface area contributed by atoms with E-state index in [1.807, 2.05) is 36.0 Å². The SMILES string of the molecule is Cn1ccc2cc(S(=O)(=O)N3CCOc4ccc(-c5ccc(C#N)[nH]5)cc43)ccc21. The van der Waals surface area contributed by atoms with Crippen molar-refractivity contribution in [2.45, 2.75) is 4.90 Å². The number of sulfonamides is 1. The van der Waals surface area contributed by atoms with Gasteiger partial charge >= 0.3 is 0 Å². The molecule has 0 radical (unpaired) electrons. The molecule has 1 N–H and O–H groups in total. The Bertz CT molecular complexity index is 1430. The number of aryl methyl sites for hydroxylation is 1. The highest BCUT2D eigenvalue weighted by atomic mass is 32.2. The molecule has 0 atom stereocenters. The Morgan fingerprint density at radius 2 is 1.97 bits per heavy atom. The molecule has 0 fully saturated rings. The maximum atomic E-state index is 13.5. The van der Waals surface area contributed by atoms with Crippen molar-refractivity contribution in [3.05, 3.63) is 66.5 Å². The second kappa shape index (κ2) is 6.68. The smallest absolute Gasteiger partial charge is 0.264 e. The lowest BCUT2D eigenvalue weighted by molar-refractivity contribution is 0.316. The van der Waals surface area contributed by atoms with Gasteiger partial charge in [-0.15, -0.1) is 0 Å². The van der Waals surface area contributed by atoms with Crippen LogP contribution in [0.2, 0.25) is 0 Å². The first kappa shape index (κ1) is 18.3. The summed E-state index contributed by atoms with van der Waals surface area (Å²) in [6.45, 7) is 0.500. The second-order valence-corrected chi connectivity index (χ2v) is 9.02. The first-order chi connectivity index (χ1) is 14.5. The highest BCUT2D eigenvalue weighted by molar-refractivity contribution is 7.92. The van der Waals surface area contributed by atoms with Crippen molar-refractivity contribution in [2.75, 3.05) is 17.5 Å². The van der Waals surface area contributed by atoms with Gasteiger partial charge in [-0.05, 0) is 54.6 Å². The zero-order chi connectivity index (χ0) is 20.9. The van der Waals surface area contributed by atoms with Crippen molar-refractivity contribution < 1.29 is 13.2 Å². The van der Waals surface area contributed by atoms with Crippen molar-refractivity contribution in [2.24, 2.45) is 7.05 Å². The minimum Gasteiger partial charge on any atom is -0.489 e. The van der Waals surface area contributed by atoms with Crippen LogP contribution < -0.4 is 9.04 Å². The van der Waals surface area contributed by atoms with Gasteiger partial charge in [0, 0.05) is 35.4 Å². The fraction of sp³-hybridized carbons (Fsp3) is 0.136. The predicted octanol–water partition coefficient (Wildman–Crippen LogP) is 3.63. The number of aromatic amines is 1. The van der Waals surface area contributed by atoms with E-state index in [-0.39, 0.29) is 18.0 Å². The molecular formula is C22H18N4O3S. The molecule has 1 aliphatic rings. The fourth-order valence-electron chi connectivity index (χ4n) is 3.79. The quantitative estimate of drug-likeness (QED) is 0.550. The third kappa shape index (κ3) is 2.83. The van der Waals surface area contributed by atoms with Gasteiger partial charge in [0.2, 0.25) is 0 Å². The molecule has 0 amide bonds. The van der Waals surface area contributed by atoms with E-state index in [1.165, 1.54) is 4.31 Å². The van der Waals surface area contributed by atoms with Gasteiger partial charge in [-0.1, -0.05) is 0 Å². The first-order valence-electron chi connectivity index (χ1n) is 9.41. The summed E-state index contributed by atoms with van der Waals surface area (Å²) in [4.78, 5) is 3.26. The monoisotopic (exact) mass is 418 g/mol. The summed E-state index contributed by atoms with van der Waals surface area (Å²) >= 11 is 0. The minimum atomic E-state index is -3.77. The first-order valence-corrected chi connectivity index (χ1v) is 10.9. The van der Waals surface area contributed by atoms with Gasteiger partial charge < -0.3 is 14.3 Å². The number of anilines is 1. The van der Waals surface area contributed by atoms with Crippen molar-refractivity contribution in [1.82, 2.24) is 9.55 Å². The number of H-pyrrole nitrogens is 1. The Morgan fingerprint density at radius 3 is 2.77 bits per heavy atom. The number of hydrogen-bond donors (Lipinski definition) is 1. The van der Waals surface area contributed by atoms with Gasteiger partial charge in [0.05, 0.1) is 17.1 Å². The molecular weight excluding hydrogens is 400 g/mol. The van der Waals surface area contributed by atoms with E-state index in [2.05, 4.69) is 11.1 Å². The van der Waals surface area contributed by atoms with Crippen LogP contribution in [0.4, 0.5) is 5.69 Å². The number of nitriles is 1. The fourth-order valence-corrected chi connectivity index (χ4v) is 5.27. The molecule has 0 unspecified atom stereocenters. The molecule has 30 heavy (non-hydrogen) atoms. The van der Waals surface area contributed by atoms with Gasteiger partial charge in [-0.3, -0.25) is 4.31 Å². The van der Waals surface area contributed by atoms with Crippen LogP contribution in [0.3, 0.4) is 0 Å². The van der Waals surface area contributed by atoms with Crippen LogP contribution in [0.1, 0.15) is 5.69 Å². The third-order valence-corrected chi connectivity index (χ3v) is 7.15.